The van der Waals surface area contributed by atoms with E-state index in [1.54, 1.807) is 6.08 Å². The number of carbonyl (C=O) groups excluding carboxylic acids is 1. The number of hydrogen-bond donors (Lipinski definition) is 0. The van der Waals surface area contributed by atoms with E-state index in [1.165, 1.54) is 0 Å². The maximum atomic E-state index is 12.1. The van der Waals surface area contributed by atoms with E-state index in [2.05, 4.69) is 26.2 Å². The number of Topliss-reactive ketones (excluding diaryl/α,β-unsaturated/α-hetero) is 1. The lowest BCUT2D eigenvalue weighted by Crippen LogP contribution is -2.28. The summed E-state index contributed by atoms with van der Waals surface area (Å²) in [5.41, 5.74) is 0.650. The highest BCUT2D eigenvalue weighted by Gasteiger charge is 2.42. The first-order chi connectivity index (χ1) is 6.56. The SMILES string of the molecule is C=CCC1=C[C@H](C)[C@@](C)(CC=C)C1=O. The van der Waals surface area contributed by atoms with E-state index in [0.29, 0.717) is 12.3 Å². The second kappa shape index (κ2) is 3.95. The molecule has 0 fully saturated rings. The molecule has 0 aromatic heterocycles. The van der Waals surface area contributed by atoms with Crippen molar-refractivity contribution in [3.05, 3.63) is 37.0 Å². The molecule has 0 amide bonds. The predicted molar refractivity (Wildman–Crippen MR) is 60.0 cm³/mol. The lowest BCUT2D eigenvalue weighted by Gasteiger charge is -2.26. The molecule has 0 unspecified atom stereocenters. The Morgan fingerprint density at radius 1 is 1.50 bits per heavy atom. The van der Waals surface area contributed by atoms with Crippen LogP contribution in [0, 0.1) is 11.3 Å². The molecule has 1 nitrogen and oxygen atoms in total. The number of carbonyl (C=O) groups is 1. The van der Waals surface area contributed by atoms with Crippen molar-refractivity contribution in [2.24, 2.45) is 11.3 Å². The number of hydrogen-bond acceptors (Lipinski definition) is 1. The zero-order valence-corrected chi connectivity index (χ0v) is 9.05. The molecule has 0 saturated carbocycles. The minimum atomic E-state index is -0.264. The summed E-state index contributed by atoms with van der Waals surface area (Å²) in [5.74, 6) is 0.577. The van der Waals surface area contributed by atoms with Crippen molar-refractivity contribution in [2.45, 2.75) is 26.7 Å². The van der Waals surface area contributed by atoms with Gasteiger partial charge in [-0.1, -0.05) is 32.1 Å². The predicted octanol–water partition coefficient (Wildman–Crippen LogP) is 3.29. The number of allylic oxidation sites excluding steroid dienone is 4. The minimum absolute atomic E-state index is 0.264. The summed E-state index contributed by atoms with van der Waals surface area (Å²) in [6.45, 7) is 11.5. The summed E-state index contributed by atoms with van der Waals surface area (Å²) in [4.78, 5) is 12.1. The standard InChI is InChI=1S/C13H18O/c1-5-7-11-9-10(3)13(4,8-6-2)12(11)14/h5-6,9-10H,1-2,7-8H2,3-4H3/t10-,13+/m0/s1. The fraction of sp³-hybridized carbons (Fsp3) is 0.462. The summed E-state index contributed by atoms with van der Waals surface area (Å²) >= 11 is 0. The Morgan fingerprint density at radius 2 is 2.14 bits per heavy atom. The quantitative estimate of drug-likeness (QED) is 0.622. The maximum absolute atomic E-state index is 12.1. The molecule has 0 saturated heterocycles. The molecule has 0 radical (unpaired) electrons. The van der Waals surface area contributed by atoms with Gasteiger partial charge in [0.25, 0.3) is 0 Å². The van der Waals surface area contributed by atoms with Gasteiger partial charge in [-0.3, -0.25) is 4.79 Å². The van der Waals surface area contributed by atoms with E-state index in [-0.39, 0.29) is 11.2 Å². The Labute approximate surface area is 86.2 Å². The molecule has 1 aliphatic carbocycles. The van der Waals surface area contributed by atoms with Crippen molar-refractivity contribution in [2.75, 3.05) is 0 Å². The molecule has 0 bridgehead atoms. The lowest BCUT2D eigenvalue weighted by molar-refractivity contribution is -0.124. The van der Waals surface area contributed by atoms with Crippen molar-refractivity contribution >= 4 is 5.78 Å². The smallest absolute Gasteiger partial charge is 0.165 e. The van der Waals surface area contributed by atoms with Gasteiger partial charge in [-0.05, 0) is 24.3 Å². The molecule has 1 aliphatic rings. The summed E-state index contributed by atoms with van der Waals surface area (Å²) < 4.78 is 0. The van der Waals surface area contributed by atoms with Crippen LogP contribution in [0.4, 0.5) is 0 Å². The molecular weight excluding hydrogens is 172 g/mol. The highest BCUT2D eigenvalue weighted by molar-refractivity contribution is 6.02. The van der Waals surface area contributed by atoms with E-state index >= 15 is 0 Å². The third kappa shape index (κ3) is 1.59. The topological polar surface area (TPSA) is 17.1 Å². The molecule has 14 heavy (non-hydrogen) atoms. The molecule has 0 N–H and O–H groups in total. The minimum Gasteiger partial charge on any atom is -0.294 e. The average molecular weight is 190 g/mol. The van der Waals surface area contributed by atoms with Gasteiger partial charge in [0.1, 0.15) is 0 Å². The van der Waals surface area contributed by atoms with Crippen LogP contribution in [0.1, 0.15) is 26.7 Å². The Kier molecular flexibility index (Phi) is 3.10. The van der Waals surface area contributed by atoms with Crippen molar-refractivity contribution in [1.29, 1.82) is 0 Å². The van der Waals surface area contributed by atoms with Crippen LogP contribution in [-0.4, -0.2) is 5.78 Å². The van der Waals surface area contributed by atoms with Crippen molar-refractivity contribution < 1.29 is 4.79 Å². The van der Waals surface area contributed by atoms with Crippen molar-refractivity contribution in [1.82, 2.24) is 0 Å². The van der Waals surface area contributed by atoms with E-state index in [0.717, 1.165) is 12.0 Å². The zero-order chi connectivity index (χ0) is 10.8. The molecule has 0 aliphatic heterocycles. The highest BCUT2D eigenvalue weighted by atomic mass is 16.1. The largest absolute Gasteiger partial charge is 0.294 e. The first-order valence-electron chi connectivity index (χ1n) is 5.03. The third-order valence-electron chi connectivity index (χ3n) is 3.20. The van der Waals surface area contributed by atoms with E-state index in [9.17, 15) is 4.79 Å². The van der Waals surface area contributed by atoms with Gasteiger partial charge in [0, 0.05) is 5.41 Å². The van der Waals surface area contributed by atoms with Crippen LogP contribution >= 0.6 is 0 Å². The number of ketones is 1. The van der Waals surface area contributed by atoms with E-state index in [1.807, 2.05) is 13.0 Å². The normalized spacial score (nSPS) is 31.4. The summed E-state index contributed by atoms with van der Waals surface area (Å²) in [5, 5.41) is 0. The molecule has 0 heterocycles. The van der Waals surface area contributed by atoms with Gasteiger partial charge in [0.05, 0.1) is 0 Å². The molecule has 76 valence electrons. The fourth-order valence-electron chi connectivity index (χ4n) is 2.03. The second-order valence-corrected chi connectivity index (χ2v) is 4.21. The van der Waals surface area contributed by atoms with Crippen LogP contribution in [0.3, 0.4) is 0 Å². The maximum Gasteiger partial charge on any atom is 0.165 e. The van der Waals surface area contributed by atoms with Crippen molar-refractivity contribution in [3.63, 3.8) is 0 Å². The molecular formula is C13H18O. The van der Waals surface area contributed by atoms with Crippen LogP contribution in [0.2, 0.25) is 0 Å². The first kappa shape index (κ1) is 11.0. The van der Waals surface area contributed by atoms with Crippen LogP contribution in [-0.2, 0) is 4.79 Å². The summed E-state index contributed by atoms with van der Waals surface area (Å²) in [7, 11) is 0. The average Bonchev–Trinajstić information content (AvgIpc) is 2.33. The Morgan fingerprint density at radius 3 is 2.64 bits per heavy atom. The molecule has 1 rings (SSSR count). The Hall–Kier alpha value is -1.11. The van der Waals surface area contributed by atoms with Gasteiger partial charge in [-0.25, -0.2) is 0 Å². The van der Waals surface area contributed by atoms with Gasteiger partial charge in [0.15, 0.2) is 5.78 Å². The monoisotopic (exact) mass is 190 g/mol. The van der Waals surface area contributed by atoms with Gasteiger partial charge in [0.2, 0.25) is 0 Å². The second-order valence-electron chi connectivity index (χ2n) is 4.21. The van der Waals surface area contributed by atoms with E-state index in [4.69, 9.17) is 0 Å². The molecule has 0 spiro atoms. The van der Waals surface area contributed by atoms with Crippen LogP contribution in [0.15, 0.2) is 37.0 Å². The lowest BCUT2D eigenvalue weighted by atomic mass is 9.76. The van der Waals surface area contributed by atoms with Crippen LogP contribution in [0.5, 0.6) is 0 Å². The van der Waals surface area contributed by atoms with Gasteiger partial charge in [-0.15, -0.1) is 13.2 Å². The Balaban J connectivity index is 2.92. The van der Waals surface area contributed by atoms with E-state index < -0.39 is 0 Å². The Bertz CT molecular complexity index is 298. The molecule has 2 atom stereocenters. The summed E-state index contributed by atoms with van der Waals surface area (Å²) in [6, 6.07) is 0. The molecule has 1 heteroatoms. The number of rotatable bonds is 4. The van der Waals surface area contributed by atoms with Gasteiger partial charge < -0.3 is 0 Å². The highest BCUT2D eigenvalue weighted by Crippen LogP contribution is 2.42. The van der Waals surface area contributed by atoms with Crippen LogP contribution < -0.4 is 0 Å². The third-order valence-corrected chi connectivity index (χ3v) is 3.20. The zero-order valence-electron chi connectivity index (χ0n) is 9.05. The first-order valence-corrected chi connectivity index (χ1v) is 5.03. The molecule has 0 aromatic carbocycles. The summed E-state index contributed by atoms with van der Waals surface area (Å²) in [6.07, 6.45) is 7.14. The van der Waals surface area contributed by atoms with Gasteiger partial charge >= 0.3 is 0 Å². The van der Waals surface area contributed by atoms with Gasteiger partial charge in [-0.2, -0.15) is 0 Å². The fourth-order valence-corrected chi connectivity index (χ4v) is 2.03. The molecule has 0 aromatic rings. The van der Waals surface area contributed by atoms with Crippen molar-refractivity contribution in [3.8, 4) is 0 Å². The van der Waals surface area contributed by atoms with Crippen LogP contribution in [0.25, 0.3) is 0 Å².